The van der Waals surface area contributed by atoms with Gasteiger partial charge in [-0.25, -0.2) is 0 Å². The van der Waals surface area contributed by atoms with Crippen LogP contribution in [0.3, 0.4) is 0 Å². The van der Waals surface area contributed by atoms with Crippen LogP contribution in [0.2, 0.25) is 0 Å². The Hall–Kier alpha value is -1.24. The Bertz CT molecular complexity index is 472. The molecule has 2 rings (SSSR count). The second-order valence-corrected chi connectivity index (χ2v) is 5.13. The first-order chi connectivity index (χ1) is 7.02. The summed E-state index contributed by atoms with van der Waals surface area (Å²) in [6, 6.07) is 8.99. The average Bonchev–Trinajstić information content (AvgIpc) is 2.58. The third kappa shape index (κ3) is 1.79. The van der Waals surface area contributed by atoms with E-state index in [1.165, 1.54) is 16.5 Å². The van der Waals surface area contributed by atoms with Gasteiger partial charge in [0.2, 0.25) is 0 Å². The molecule has 15 heavy (non-hydrogen) atoms. The molecule has 0 unspecified atom stereocenters. The van der Waals surface area contributed by atoms with Gasteiger partial charge in [0.25, 0.3) is 0 Å². The van der Waals surface area contributed by atoms with Crippen molar-refractivity contribution in [2.75, 3.05) is 0 Å². The van der Waals surface area contributed by atoms with Crippen molar-refractivity contribution in [1.29, 1.82) is 0 Å². The van der Waals surface area contributed by atoms with E-state index in [1.807, 2.05) is 0 Å². The Morgan fingerprint density at radius 2 is 1.87 bits per heavy atom. The zero-order valence-electron chi connectivity index (χ0n) is 10.0. The molecule has 0 fully saturated rings. The number of fused-ring (bicyclic) bond motifs is 1. The Kier molecular flexibility index (Phi) is 2.34. The van der Waals surface area contributed by atoms with E-state index >= 15 is 0 Å². The van der Waals surface area contributed by atoms with Gasteiger partial charge in [-0.05, 0) is 41.5 Å². The first kappa shape index (κ1) is 10.3. The minimum Gasteiger partial charge on any atom is -0.348 e. The van der Waals surface area contributed by atoms with Gasteiger partial charge in [0, 0.05) is 18.3 Å². The number of rotatable bonds is 1. The molecule has 0 N–H and O–H groups in total. The second kappa shape index (κ2) is 3.41. The molecule has 1 heteroatoms. The van der Waals surface area contributed by atoms with Crippen molar-refractivity contribution in [3.63, 3.8) is 0 Å². The molecule has 1 heterocycles. The zero-order valence-corrected chi connectivity index (χ0v) is 10.0. The highest BCUT2D eigenvalue weighted by Crippen LogP contribution is 2.26. The van der Waals surface area contributed by atoms with Crippen molar-refractivity contribution in [2.24, 2.45) is 0 Å². The van der Waals surface area contributed by atoms with E-state index < -0.39 is 0 Å². The van der Waals surface area contributed by atoms with E-state index in [-0.39, 0.29) is 5.41 Å². The highest BCUT2D eigenvalue weighted by atomic mass is 14.9. The number of hydrogen-bond acceptors (Lipinski definition) is 0. The lowest BCUT2D eigenvalue weighted by atomic mass is 9.86. The molecular formula is C14H19N. The van der Waals surface area contributed by atoms with Gasteiger partial charge in [0.05, 0.1) is 0 Å². The lowest BCUT2D eigenvalue weighted by Gasteiger charge is -2.19. The summed E-state index contributed by atoms with van der Waals surface area (Å²) in [5.41, 5.74) is 2.98. The molecule has 0 bridgehead atoms. The van der Waals surface area contributed by atoms with Crippen molar-refractivity contribution in [1.82, 2.24) is 4.57 Å². The van der Waals surface area contributed by atoms with E-state index in [0.29, 0.717) is 0 Å². The molecule has 1 aromatic carbocycles. The fourth-order valence-corrected chi connectivity index (χ4v) is 1.94. The minimum atomic E-state index is 0.239. The van der Waals surface area contributed by atoms with Crippen LogP contribution in [-0.2, 0) is 12.0 Å². The van der Waals surface area contributed by atoms with Crippen LogP contribution in [-0.4, -0.2) is 4.57 Å². The number of aromatic nitrogens is 1. The second-order valence-electron chi connectivity index (χ2n) is 5.13. The molecule has 0 aliphatic heterocycles. The maximum Gasteiger partial charge on any atom is 0.0480 e. The molecule has 0 amide bonds. The molecule has 0 aliphatic carbocycles. The highest BCUT2D eigenvalue weighted by Gasteiger charge is 2.14. The highest BCUT2D eigenvalue weighted by molar-refractivity contribution is 5.81. The molecular weight excluding hydrogens is 182 g/mol. The van der Waals surface area contributed by atoms with Crippen LogP contribution in [0.15, 0.2) is 30.5 Å². The monoisotopic (exact) mass is 201 g/mol. The van der Waals surface area contributed by atoms with Crippen LogP contribution in [0.1, 0.15) is 33.3 Å². The standard InChI is InChI=1S/C14H19N/c1-5-15-9-8-11-10-12(14(2,3)4)6-7-13(11)15/h6-10H,5H2,1-4H3. The summed E-state index contributed by atoms with van der Waals surface area (Å²) in [7, 11) is 0. The predicted octanol–water partition coefficient (Wildman–Crippen LogP) is 3.96. The van der Waals surface area contributed by atoms with Gasteiger partial charge >= 0.3 is 0 Å². The summed E-state index contributed by atoms with van der Waals surface area (Å²) >= 11 is 0. The van der Waals surface area contributed by atoms with Crippen LogP contribution in [0.4, 0.5) is 0 Å². The largest absolute Gasteiger partial charge is 0.348 e. The van der Waals surface area contributed by atoms with Gasteiger partial charge in [-0.15, -0.1) is 0 Å². The van der Waals surface area contributed by atoms with Crippen LogP contribution >= 0.6 is 0 Å². The maximum absolute atomic E-state index is 2.31. The van der Waals surface area contributed by atoms with Crippen LogP contribution < -0.4 is 0 Å². The molecule has 1 aromatic heterocycles. The molecule has 0 atom stereocenters. The first-order valence-electron chi connectivity index (χ1n) is 5.62. The lowest BCUT2D eigenvalue weighted by Crippen LogP contribution is -2.10. The number of nitrogens with zero attached hydrogens (tertiary/aromatic N) is 1. The van der Waals surface area contributed by atoms with Gasteiger partial charge in [0.1, 0.15) is 0 Å². The third-order valence-corrected chi connectivity index (χ3v) is 2.98. The molecule has 0 spiro atoms. The average molecular weight is 201 g/mol. The molecule has 0 saturated heterocycles. The summed E-state index contributed by atoms with van der Waals surface area (Å²) in [6.45, 7) is 9.98. The molecule has 2 aromatic rings. The minimum absolute atomic E-state index is 0.239. The Morgan fingerprint density at radius 3 is 2.47 bits per heavy atom. The molecule has 0 aliphatic rings. The summed E-state index contributed by atoms with van der Waals surface area (Å²) in [5, 5.41) is 1.35. The van der Waals surface area contributed by atoms with Crippen LogP contribution in [0.5, 0.6) is 0 Å². The van der Waals surface area contributed by atoms with Crippen molar-refractivity contribution in [3.05, 3.63) is 36.0 Å². The van der Waals surface area contributed by atoms with Crippen LogP contribution in [0, 0.1) is 0 Å². The van der Waals surface area contributed by atoms with Gasteiger partial charge in [0.15, 0.2) is 0 Å². The van der Waals surface area contributed by atoms with E-state index in [2.05, 4.69) is 62.7 Å². The normalized spacial score (nSPS) is 12.3. The molecule has 80 valence electrons. The topological polar surface area (TPSA) is 4.93 Å². The van der Waals surface area contributed by atoms with Crippen molar-refractivity contribution >= 4 is 10.9 Å². The number of hydrogen-bond donors (Lipinski definition) is 0. The quantitative estimate of drug-likeness (QED) is 0.658. The van der Waals surface area contributed by atoms with E-state index in [9.17, 15) is 0 Å². The maximum atomic E-state index is 2.31. The van der Waals surface area contributed by atoms with Crippen molar-refractivity contribution in [3.8, 4) is 0 Å². The van der Waals surface area contributed by atoms with Crippen molar-refractivity contribution in [2.45, 2.75) is 39.7 Å². The van der Waals surface area contributed by atoms with Gasteiger partial charge < -0.3 is 4.57 Å². The zero-order chi connectivity index (χ0) is 11.1. The summed E-state index contributed by atoms with van der Waals surface area (Å²) in [5.74, 6) is 0. The van der Waals surface area contributed by atoms with E-state index in [1.54, 1.807) is 0 Å². The lowest BCUT2D eigenvalue weighted by molar-refractivity contribution is 0.591. The smallest absolute Gasteiger partial charge is 0.0480 e. The summed E-state index contributed by atoms with van der Waals surface area (Å²) in [6.07, 6.45) is 2.16. The third-order valence-electron chi connectivity index (χ3n) is 2.98. The summed E-state index contributed by atoms with van der Waals surface area (Å²) < 4.78 is 2.28. The van der Waals surface area contributed by atoms with Gasteiger partial charge in [-0.3, -0.25) is 0 Å². The fraction of sp³-hybridized carbons (Fsp3) is 0.429. The van der Waals surface area contributed by atoms with Gasteiger partial charge in [-0.2, -0.15) is 0 Å². The number of aryl methyl sites for hydroxylation is 1. The predicted molar refractivity (Wildman–Crippen MR) is 66.3 cm³/mol. The van der Waals surface area contributed by atoms with Crippen molar-refractivity contribution < 1.29 is 0 Å². The Labute approximate surface area is 91.7 Å². The van der Waals surface area contributed by atoms with E-state index in [4.69, 9.17) is 0 Å². The molecule has 0 saturated carbocycles. The van der Waals surface area contributed by atoms with E-state index in [0.717, 1.165) is 6.54 Å². The van der Waals surface area contributed by atoms with Gasteiger partial charge in [-0.1, -0.05) is 26.8 Å². The number of benzene rings is 1. The molecule has 1 nitrogen and oxygen atoms in total. The van der Waals surface area contributed by atoms with Crippen LogP contribution in [0.25, 0.3) is 10.9 Å². The summed E-state index contributed by atoms with van der Waals surface area (Å²) in [4.78, 5) is 0. The Morgan fingerprint density at radius 1 is 1.13 bits per heavy atom. The SMILES string of the molecule is CCn1ccc2cc(C(C)(C)C)ccc21. The fourth-order valence-electron chi connectivity index (χ4n) is 1.94. The molecule has 0 radical (unpaired) electrons. The Balaban J connectivity index is 2.58. The first-order valence-corrected chi connectivity index (χ1v) is 5.62.